The molecule has 0 saturated carbocycles. The zero-order valence-electron chi connectivity index (χ0n) is 25.0. The molecule has 0 aliphatic carbocycles. The maximum Gasteiger partial charge on any atom is 0.407 e. The SMILES string of the molecule is COC(=O)N[C@H](C(=O)N1CCC[C@H]1c1ccc(-c2ccc(-c3ccc(-c4cnc([C@@H]5CCCN5)[nH]4)cc3)cc2)[nH]1)C(C)C. The number of H-pyrrole nitrogens is 2. The van der Waals surface area contributed by atoms with Gasteiger partial charge in [-0.3, -0.25) is 4.79 Å². The Morgan fingerprint density at radius 1 is 0.884 bits per heavy atom. The molecule has 2 amide bonds. The van der Waals surface area contributed by atoms with Crippen molar-refractivity contribution in [1.29, 1.82) is 0 Å². The smallest absolute Gasteiger partial charge is 0.407 e. The van der Waals surface area contributed by atoms with Gasteiger partial charge >= 0.3 is 6.09 Å². The third-order valence-corrected chi connectivity index (χ3v) is 8.71. The molecule has 3 atom stereocenters. The van der Waals surface area contributed by atoms with Crippen LogP contribution in [-0.4, -0.2) is 58.1 Å². The number of nitrogens with zero attached hydrogens (tertiary/aromatic N) is 2. The van der Waals surface area contributed by atoms with E-state index in [9.17, 15) is 9.59 Å². The van der Waals surface area contributed by atoms with Gasteiger partial charge in [0.2, 0.25) is 5.91 Å². The Morgan fingerprint density at radius 3 is 2.19 bits per heavy atom. The first-order chi connectivity index (χ1) is 20.9. The van der Waals surface area contributed by atoms with Crippen LogP contribution < -0.4 is 10.6 Å². The Kier molecular flexibility index (Phi) is 8.33. The lowest BCUT2D eigenvalue weighted by molar-refractivity contribution is -0.135. The van der Waals surface area contributed by atoms with Crippen LogP contribution in [0.3, 0.4) is 0 Å². The number of benzene rings is 2. The van der Waals surface area contributed by atoms with E-state index in [1.165, 1.54) is 13.5 Å². The molecule has 2 saturated heterocycles. The molecule has 9 nitrogen and oxygen atoms in total. The van der Waals surface area contributed by atoms with Crippen LogP contribution in [0.1, 0.15) is 63.1 Å². The van der Waals surface area contributed by atoms with Gasteiger partial charge in [0.15, 0.2) is 0 Å². The summed E-state index contributed by atoms with van der Waals surface area (Å²) in [6, 6.07) is 20.9. The van der Waals surface area contributed by atoms with Crippen molar-refractivity contribution in [1.82, 2.24) is 30.5 Å². The van der Waals surface area contributed by atoms with Gasteiger partial charge in [-0.05, 0) is 72.5 Å². The van der Waals surface area contributed by atoms with Gasteiger partial charge in [0.1, 0.15) is 11.9 Å². The van der Waals surface area contributed by atoms with Crippen molar-refractivity contribution in [3.63, 3.8) is 0 Å². The Hall–Kier alpha value is -4.37. The van der Waals surface area contributed by atoms with E-state index in [1.807, 2.05) is 24.9 Å². The minimum absolute atomic E-state index is 0.0555. The predicted octanol–water partition coefficient (Wildman–Crippen LogP) is 6.21. The molecule has 2 aromatic carbocycles. The average Bonchev–Trinajstić information content (AvgIpc) is 3.86. The van der Waals surface area contributed by atoms with E-state index in [0.717, 1.165) is 71.0 Å². The van der Waals surface area contributed by atoms with Crippen LogP contribution in [0, 0.1) is 5.92 Å². The number of nitrogens with one attached hydrogen (secondary N) is 4. The van der Waals surface area contributed by atoms with Crippen molar-refractivity contribution in [2.45, 2.75) is 57.7 Å². The molecule has 4 aromatic rings. The molecule has 9 heteroatoms. The number of methoxy groups -OCH3 is 1. The van der Waals surface area contributed by atoms with Gasteiger partial charge in [-0.1, -0.05) is 62.4 Å². The predicted molar refractivity (Wildman–Crippen MR) is 167 cm³/mol. The highest BCUT2D eigenvalue weighted by Crippen LogP contribution is 2.35. The second kappa shape index (κ2) is 12.5. The number of aromatic amines is 2. The number of aromatic nitrogens is 3. The topological polar surface area (TPSA) is 115 Å². The van der Waals surface area contributed by atoms with Gasteiger partial charge in [-0.25, -0.2) is 9.78 Å². The number of hydrogen-bond acceptors (Lipinski definition) is 5. The van der Waals surface area contributed by atoms with Crippen LogP contribution >= 0.6 is 0 Å². The minimum atomic E-state index is -0.629. The molecule has 224 valence electrons. The van der Waals surface area contributed by atoms with E-state index in [0.29, 0.717) is 12.6 Å². The van der Waals surface area contributed by atoms with E-state index in [-0.39, 0.29) is 17.9 Å². The lowest BCUT2D eigenvalue weighted by Crippen LogP contribution is -2.51. The highest BCUT2D eigenvalue weighted by Gasteiger charge is 2.36. The van der Waals surface area contributed by atoms with Crippen LogP contribution in [0.15, 0.2) is 66.9 Å². The van der Waals surface area contributed by atoms with Gasteiger partial charge in [0, 0.05) is 17.9 Å². The molecule has 2 aliphatic heterocycles. The molecule has 0 radical (unpaired) electrons. The van der Waals surface area contributed by atoms with Crippen molar-refractivity contribution in [2.75, 3.05) is 20.2 Å². The maximum absolute atomic E-state index is 13.5. The molecular formula is C34H40N6O3. The lowest BCUT2D eigenvalue weighted by Gasteiger charge is -2.30. The first-order valence-electron chi connectivity index (χ1n) is 15.2. The number of carbonyl (C=O) groups excluding carboxylic acids is 2. The standard InChI is InChI=1S/C34H40N6O3/c1-21(2)31(39-34(42)43-3)33(41)40-19-5-7-30(40)27-17-16-26(37-27)24-12-8-22(9-13-24)23-10-14-25(15-11-23)29-20-36-32(38-29)28-6-4-18-35-28/h8-17,20-21,28,30-31,35,37H,4-7,18-19H2,1-3H3,(H,36,38)(H,39,42)/t28-,30-,31-/m0/s1. The fourth-order valence-electron chi connectivity index (χ4n) is 6.27. The number of likely N-dealkylation sites (tertiary alicyclic amines) is 1. The highest BCUT2D eigenvalue weighted by molar-refractivity contribution is 5.86. The van der Waals surface area contributed by atoms with E-state index in [1.54, 1.807) is 0 Å². The Labute approximate surface area is 252 Å². The van der Waals surface area contributed by atoms with Crippen LogP contribution in [0.5, 0.6) is 0 Å². The molecule has 0 unspecified atom stereocenters. The molecule has 2 aromatic heterocycles. The summed E-state index contributed by atoms with van der Waals surface area (Å²) in [5.74, 6) is 0.884. The van der Waals surface area contributed by atoms with Gasteiger partial charge in [-0.2, -0.15) is 0 Å². The number of alkyl carbamates (subject to hydrolysis) is 1. The van der Waals surface area contributed by atoms with Crippen LogP contribution in [0.2, 0.25) is 0 Å². The normalized spacial score (nSPS) is 19.1. The molecule has 0 bridgehead atoms. The fraction of sp³-hybridized carbons (Fsp3) is 0.382. The molecule has 2 fully saturated rings. The van der Waals surface area contributed by atoms with Crippen LogP contribution in [0.25, 0.3) is 33.6 Å². The van der Waals surface area contributed by atoms with Crippen molar-refractivity contribution in [2.24, 2.45) is 5.92 Å². The number of rotatable bonds is 8. The first kappa shape index (κ1) is 28.7. The summed E-state index contributed by atoms with van der Waals surface area (Å²) in [6.07, 6.45) is 5.44. The molecule has 2 aliphatic rings. The number of amides is 2. The van der Waals surface area contributed by atoms with Crippen molar-refractivity contribution >= 4 is 12.0 Å². The molecular weight excluding hydrogens is 540 g/mol. The van der Waals surface area contributed by atoms with Gasteiger partial charge in [-0.15, -0.1) is 0 Å². The molecule has 43 heavy (non-hydrogen) atoms. The third-order valence-electron chi connectivity index (χ3n) is 8.71. The van der Waals surface area contributed by atoms with E-state index < -0.39 is 12.1 Å². The van der Waals surface area contributed by atoms with Crippen LogP contribution in [0.4, 0.5) is 4.79 Å². The third kappa shape index (κ3) is 6.08. The largest absolute Gasteiger partial charge is 0.453 e. The quantitative estimate of drug-likeness (QED) is 0.198. The van der Waals surface area contributed by atoms with Crippen molar-refractivity contribution in [3.05, 3.63) is 78.4 Å². The summed E-state index contributed by atoms with van der Waals surface area (Å²) in [5, 5.41) is 6.21. The summed E-state index contributed by atoms with van der Waals surface area (Å²) in [4.78, 5) is 38.9. The second-order valence-corrected chi connectivity index (χ2v) is 11.9. The molecule has 0 spiro atoms. The summed E-state index contributed by atoms with van der Waals surface area (Å²) < 4.78 is 4.75. The molecule has 4 heterocycles. The zero-order chi connectivity index (χ0) is 29.9. The Balaban J connectivity index is 1.13. The second-order valence-electron chi connectivity index (χ2n) is 11.9. The van der Waals surface area contributed by atoms with Crippen LogP contribution in [-0.2, 0) is 9.53 Å². The van der Waals surface area contributed by atoms with Crippen molar-refractivity contribution in [3.8, 4) is 33.6 Å². The Bertz CT molecular complexity index is 1550. The van der Waals surface area contributed by atoms with Gasteiger partial charge in [0.25, 0.3) is 0 Å². The lowest BCUT2D eigenvalue weighted by atomic mass is 10.0. The number of ether oxygens (including phenoxy) is 1. The summed E-state index contributed by atoms with van der Waals surface area (Å²) in [7, 11) is 1.31. The zero-order valence-corrected chi connectivity index (χ0v) is 25.0. The van der Waals surface area contributed by atoms with E-state index in [4.69, 9.17) is 4.74 Å². The van der Waals surface area contributed by atoms with Crippen molar-refractivity contribution < 1.29 is 14.3 Å². The molecule has 6 rings (SSSR count). The van der Waals surface area contributed by atoms with Gasteiger partial charge < -0.3 is 30.2 Å². The van der Waals surface area contributed by atoms with E-state index in [2.05, 4.69) is 86.2 Å². The summed E-state index contributed by atoms with van der Waals surface area (Å²) in [6.45, 7) is 5.57. The fourth-order valence-corrected chi connectivity index (χ4v) is 6.27. The van der Waals surface area contributed by atoms with Gasteiger partial charge in [0.05, 0.1) is 31.1 Å². The first-order valence-corrected chi connectivity index (χ1v) is 15.2. The number of hydrogen-bond donors (Lipinski definition) is 4. The minimum Gasteiger partial charge on any atom is -0.453 e. The average molecular weight is 581 g/mol. The number of carbonyl (C=O) groups is 2. The monoisotopic (exact) mass is 580 g/mol. The summed E-state index contributed by atoms with van der Waals surface area (Å²) in [5.41, 5.74) is 7.56. The summed E-state index contributed by atoms with van der Waals surface area (Å²) >= 11 is 0. The van der Waals surface area contributed by atoms with E-state index >= 15 is 0 Å². The molecule has 4 N–H and O–H groups in total. The maximum atomic E-state index is 13.5. The number of imidazole rings is 1. The Morgan fingerprint density at radius 2 is 1.56 bits per heavy atom. The highest BCUT2D eigenvalue weighted by atomic mass is 16.5.